The number of benzene rings is 1. The van der Waals surface area contributed by atoms with E-state index in [0.717, 1.165) is 5.56 Å². The minimum absolute atomic E-state index is 0.0921. The van der Waals surface area contributed by atoms with Gasteiger partial charge in [0, 0.05) is 10.6 Å². The van der Waals surface area contributed by atoms with Crippen LogP contribution in [-0.2, 0) is 6.42 Å². The van der Waals surface area contributed by atoms with E-state index in [2.05, 4.69) is 0 Å². The van der Waals surface area contributed by atoms with Crippen LogP contribution in [0.2, 0.25) is 5.02 Å². The van der Waals surface area contributed by atoms with E-state index in [1.807, 2.05) is 6.07 Å². The molecule has 0 spiro atoms. The Morgan fingerprint density at radius 1 is 1.58 bits per heavy atom. The molecule has 1 aromatic carbocycles. The van der Waals surface area contributed by atoms with Gasteiger partial charge in [-0.25, -0.2) is 4.39 Å². The van der Waals surface area contributed by atoms with Gasteiger partial charge in [-0.1, -0.05) is 11.6 Å². The van der Waals surface area contributed by atoms with Crippen molar-refractivity contribution in [1.82, 2.24) is 0 Å². The molecule has 0 aromatic heterocycles. The van der Waals surface area contributed by atoms with Gasteiger partial charge in [-0.3, -0.25) is 0 Å². The highest BCUT2D eigenvalue weighted by Crippen LogP contribution is 2.19. The van der Waals surface area contributed by atoms with Gasteiger partial charge in [-0.2, -0.15) is 5.26 Å². The third-order valence-corrected chi connectivity index (χ3v) is 1.86. The Labute approximate surface area is 75.4 Å². The van der Waals surface area contributed by atoms with Crippen molar-refractivity contribution in [2.75, 3.05) is 0 Å². The topological polar surface area (TPSA) is 23.8 Å². The summed E-state index contributed by atoms with van der Waals surface area (Å²) >= 11 is 5.60. The van der Waals surface area contributed by atoms with Crippen LogP contribution in [0, 0.1) is 24.1 Å². The first-order chi connectivity index (χ1) is 5.65. The van der Waals surface area contributed by atoms with Gasteiger partial charge in [0.15, 0.2) is 0 Å². The van der Waals surface area contributed by atoms with Crippen molar-refractivity contribution in [1.29, 1.82) is 5.26 Å². The molecule has 0 aliphatic heterocycles. The fourth-order valence-electron chi connectivity index (χ4n) is 1.04. The normalized spacial score (nSPS) is 9.50. The van der Waals surface area contributed by atoms with Crippen LogP contribution < -0.4 is 0 Å². The van der Waals surface area contributed by atoms with Crippen LogP contribution in [-0.4, -0.2) is 0 Å². The number of nitriles is 1. The minimum Gasteiger partial charge on any atom is -0.207 e. The molecular formula is C9H7ClFN. The quantitative estimate of drug-likeness (QED) is 0.657. The van der Waals surface area contributed by atoms with E-state index in [-0.39, 0.29) is 6.42 Å². The molecule has 0 aliphatic rings. The summed E-state index contributed by atoms with van der Waals surface area (Å²) in [7, 11) is 0. The van der Waals surface area contributed by atoms with Crippen LogP contribution in [0.15, 0.2) is 12.1 Å². The van der Waals surface area contributed by atoms with E-state index < -0.39 is 5.82 Å². The van der Waals surface area contributed by atoms with Crippen LogP contribution in [0.1, 0.15) is 11.1 Å². The number of rotatable bonds is 1. The van der Waals surface area contributed by atoms with Gasteiger partial charge in [-0.15, -0.1) is 0 Å². The summed E-state index contributed by atoms with van der Waals surface area (Å²) in [5.74, 6) is -0.401. The lowest BCUT2D eigenvalue weighted by Gasteiger charge is -2.02. The maximum absolute atomic E-state index is 13.1. The summed E-state index contributed by atoms with van der Waals surface area (Å²) in [6.07, 6.45) is 0.0921. The van der Waals surface area contributed by atoms with Gasteiger partial charge in [0.2, 0.25) is 0 Å². The zero-order chi connectivity index (χ0) is 9.14. The highest BCUT2D eigenvalue weighted by atomic mass is 35.5. The summed E-state index contributed by atoms with van der Waals surface area (Å²) in [5.41, 5.74) is 1.16. The summed E-state index contributed by atoms with van der Waals surface area (Å²) in [5, 5.41) is 8.76. The Hall–Kier alpha value is -1.07. The van der Waals surface area contributed by atoms with Crippen molar-refractivity contribution < 1.29 is 4.39 Å². The molecule has 0 unspecified atom stereocenters. The molecule has 0 saturated carbocycles. The second kappa shape index (κ2) is 3.55. The van der Waals surface area contributed by atoms with Crippen LogP contribution in [0.5, 0.6) is 0 Å². The Balaban J connectivity index is 3.21. The smallest absolute Gasteiger partial charge is 0.129 e. The lowest BCUT2D eigenvalue weighted by Crippen LogP contribution is -1.92. The van der Waals surface area contributed by atoms with Gasteiger partial charge in [-0.05, 0) is 24.6 Å². The predicted molar refractivity (Wildman–Crippen MR) is 45.5 cm³/mol. The summed E-state index contributed by atoms with van der Waals surface area (Å²) < 4.78 is 13.1. The number of nitrogens with zero attached hydrogens (tertiary/aromatic N) is 1. The number of hydrogen-bond donors (Lipinski definition) is 0. The van der Waals surface area contributed by atoms with Crippen LogP contribution in [0.3, 0.4) is 0 Å². The summed E-state index contributed by atoms with van der Waals surface area (Å²) in [4.78, 5) is 0. The highest BCUT2D eigenvalue weighted by Gasteiger charge is 2.06. The van der Waals surface area contributed by atoms with E-state index >= 15 is 0 Å². The second-order valence-electron chi connectivity index (χ2n) is 2.52. The third-order valence-electron chi connectivity index (χ3n) is 1.64. The lowest BCUT2D eigenvalue weighted by atomic mass is 10.1. The predicted octanol–water partition coefficient (Wildman–Crippen LogP) is 2.85. The molecule has 1 nitrogen and oxygen atoms in total. The largest absolute Gasteiger partial charge is 0.207 e. The molecule has 0 heterocycles. The van der Waals surface area contributed by atoms with Gasteiger partial charge in [0.25, 0.3) is 0 Å². The average molecular weight is 184 g/mol. The molecule has 0 aliphatic carbocycles. The minimum atomic E-state index is -0.401. The number of halogens is 2. The Morgan fingerprint density at radius 2 is 2.25 bits per heavy atom. The first-order valence-electron chi connectivity index (χ1n) is 3.46. The zero-order valence-corrected chi connectivity index (χ0v) is 7.32. The van der Waals surface area contributed by atoms with E-state index in [1.54, 1.807) is 13.0 Å². The second-order valence-corrected chi connectivity index (χ2v) is 2.95. The van der Waals surface area contributed by atoms with Gasteiger partial charge >= 0.3 is 0 Å². The number of hydrogen-bond acceptors (Lipinski definition) is 1. The standard InChI is InChI=1S/C9H7ClFN/c1-6-4-7(10)5-9(11)8(6)2-3-12/h4-5H,2H2,1H3. The van der Waals surface area contributed by atoms with Gasteiger partial charge in [0.05, 0.1) is 12.5 Å². The highest BCUT2D eigenvalue weighted by molar-refractivity contribution is 6.30. The SMILES string of the molecule is Cc1cc(Cl)cc(F)c1CC#N. The first-order valence-corrected chi connectivity index (χ1v) is 3.84. The molecule has 12 heavy (non-hydrogen) atoms. The Morgan fingerprint density at radius 3 is 2.75 bits per heavy atom. The molecule has 0 atom stereocenters. The maximum atomic E-state index is 13.1. The molecule has 1 rings (SSSR count). The van der Waals surface area contributed by atoms with Crippen LogP contribution in [0.25, 0.3) is 0 Å². The molecule has 0 N–H and O–H groups in total. The monoisotopic (exact) mass is 183 g/mol. The van der Waals surface area contributed by atoms with E-state index in [9.17, 15) is 4.39 Å². The zero-order valence-electron chi connectivity index (χ0n) is 6.56. The Bertz CT molecular complexity index is 318. The molecule has 1 aromatic rings. The van der Waals surface area contributed by atoms with E-state index in [4.69, 9.17) is 16.9 Å². The molecular weight excluding hydrogens is 177 g/mol. The fraction of sp³-hybridized carbons (Fsp3) is 0.222. The fourth-order valence-corrected chi connectivity index (χ4v) is 1.29. The Kier molecular flexibility index (Phi) is 2.67. The summed E-state index contributed by atoms with van der Waals surface area (Å²) in [6, 6.07) is 4.78. The molecule has 3 heteroatoms. The molecule has 0 fully saturated rings. The molecule has 0 radical (unpaired) electrons. The van der Waals surface area contributed by atoms with Crippen molar-refractivity contribution in [3.8, 4) is 6.07 Å². The van der Waals surface area contributed by atoms with Crippen molar-refractivity contribution >= 4 is 11.6 Å². The lowest BCUT2D eigenvalue weighted by molar-refractivity contribution is 0.613. The van der Waals surface area contributed by atoms with Crippen molar-refractivity contribution in [3.05, 3.63) is 34.1 Å². The molecule has 62 valence electrons. The maximum Gasteiger partial charge on any atom is 0.129 e. The number of aryl methyl sites for hydroxylation is 1. The van der Waals surface area contributed by atoms with E-state index in [1.165, 1.54) is 6.07 Å². The molecule has 0 bridgehead atoms. The average Bonchev–Trinajstić information content (AvgIpc) is 1.96. The van der Waals surface area contributed by atoms with Crippen LogP contribution >= 0.6 is 11.6 Å². The third kappa shape index (κ3) is 1.75. The van der Waals surface area contributed by atoms with Crippen molar-refractivity contribution in [2.24, 2.45) is 0 Å². The summed E-state index contributed by atoms with van der Waals surface area (Å²) in [6.45, 7) is 1.74. The van der Waals surface area contributed by atoms with Crippen LogP contribution in [0.4, 0.5) is 4.39 Å². The van der Waals surface area contributed by atoms with E-state index in [0.29, 0.717) is 10.6 Å². The molecule has 0 amide bonds. The molecule has 0 saturated heterocycles. The first kappa shape index (κ1) is 9.02. The van der Waals surface area contributed by atoms with Gasteiger partial charge in [0.1, 0.15) is 5.82 Å². The van der Waals surface area contributed by atoms with Gasteiger partial charge < -0.3 is 0 Å². The van der Waals surface area contributed by atoms with Crippen molar-refractivity contribution in [2.45, 2.75) is 13.3 Å². The van der Waals surface area contributed by atoms with Crippen molar-refractivity contribution in [3.63, 3.8) is 0 Å².